The maximum absolute atomic E-state index is 12.5. The van der Waals surface area contributed by atoms with Gasteiger partial charge in [-0.3, -0.25) is 9.59 Å². The summed E-state index contributed by atoms with van der Waals surface area (Å²) in [5.41, 5.74) is 0. The predicted molar refractivity (Wildman–Crippen MR) is 172 cm³/mol. The average molecular weight is 561 g/mol. The number of unbranched alkanes of at least 4 members (excludes halogenated alkanes) is 16. The molecule has 1 atom stereocenters. The molecule has 0 aliphatic carbocycles. The fraction of sp³-hybridized carbons (Fsp3) is 0.778. The first kappa shape index (κ1) is 38.2. The van der Waals surface area contributed by atoms with Crippen LogP contribution in [0.2, 0.25) is 0 Å². The van der Waals surface area contributed by atoms with Crippen molar-refractivity contribution < 1.29 is 19.4 Å². The van der Waals surface area contributed by atoms with Crippen LogP contribution in [0.3, 0.4) is 0 Å². The Kier molecular flexibility index (Phi) is 30.2. The Hall–Kier alpha value is -1.84. The molecule has 0 aromatic carbocycles. The van der Waals surface area contributed by atoms with E-state index in [1.54, 1.807) is 0 Å². The first-order valence-corrected chi connectivity index (χ1v) is 17.0. The minimum Gasteiger partial charge on any atom is -0.481 e. The molecule has 0 unspecified atom stereocenters. The summed E-state index contributed by atoms with van der Waals surface area (Å²) in [7, 11) is 0. The molecule has 0 rings (SSSR count). The minimum atomic E-state index is -0.695. The lowest BCUT2D eigenvalue weighted by Gasteiger charge is -2.16. The molecule has 4 nitrogen and oxygen atoms in total. The standard InChI is InChI=1S/C36H64O4/c1-3-5-7-9-10-11-12-13-14-15-16-17-22-25-29-33-36(39)40-34(30-26-8-6-4-2)31-27-23-20-18-19-21-24-28-32-35(37)38/h10-11,13-14,23,27,34H,3-9,12,15-22,24-26,28-33H2,1-2H3,(H,37,38)/t34-/m1/s1. The van der Waals surface area contributed by atoms with Crippen LogP contribution >= 0.6 is 0 Å². The molecule has 0 aromatic rings. The van der Waals surface area contributed by atoms with Gasteiger partial charge in [0.1, 0.15) is 6.10 Å². The molecule has 4 heteroatoms. The molecule has 0 aliphatic heterocycles. The van der Waals surface area contributed by atoms with Crippen LogP contribution in [0.25, 0.3) is 0 Å². The van der Waals surface area contributed by atoms with Crippen molar-refractivity contribution in [1.29, 1.82) is 0 Å². The second-order valence-electron chi connectivity index (χ2n) is 11.3. The van der Waals surface area contributed by atoms with Gasteiger partial charge >= 0.3 is 11.9 Å². The highest BCUT2D eigenvalue weighted by Gasteiger charge is 2.13. The van der Waals surface area contributed by atoms with Crippen molar-refractivity contribution in [2.75, 3.05) is 0 Å². The topological polar surface area (TPSA) is 63.6 Å². The molecule has 0 amide bonds. The summed E-state index contributed by atoms with van der Waals surface area (Å²) in [6.45, 7) is 4.47. The van der Waals surface area contributed by atoms with Crippen LogP contribution in [0.1, 0.15) is 174 Å². The number of aliphatic carboxylic acids is 1. The zero-order chi connectivity index (χ0) is 29.4. The highest BCUT2D eigenvalue weighted by Crippen LogP contribution is 2.16. The van der Waals surface area contributed by atoms with E-state index in [0.717, 1.165) is 83.5 Å². The van der Waals surface area contributed by atoms with Gasteiger partial charge in [0, 0.05) is 19.3 Å². The van der Waals surface area contributed by atoms with Crippen molar-refractivity contribution in [2.24, 2.45) is 0 Å². The van der Waals surface area contributed by atoms with E-state index in [-0.39, 0.29) is 18.5 Å². The van der Waals surface area contributed by atoms with Gasteiger partial charge in [0.15, 0.2) is 0 Å². The van der Waals surface area contributed by atoms with E-state index in [4.69, 9.17) is 9.84 Å². The van der Waals surface area contributed by atoms with Crippen LogP contribution in [0.15, 0.2) is 36.5 Å². The second-order valence-corrected chi connectivity index (χ2v) is 11.3. The monoisotopic (exact) mass is 560 g/mol. The second kappa shape index (κ2) is 31.7. The SMILES string of the molecule is CCCCCC=CCC=CCCCCCCCC(=O)O[C@@H](CC=CCCCCCCCC(=O)O)CCCCCC. The van der Waals surface area contributed by atoms with Crippen LogP contribution in [0.5, 0.6) is 0 Å². The molecular weight excluding hydrogens is 496 g/mol. The van der Waals surface area contributed by atoms with Crippen LogP contribution in [-0.2, 0) is 14.3 Å². The lowest BCUT2D eigenvalue weighted by molar-refractivity contribution is -0.149. The summed E-state index contributed by atoms with van der Waals surface area (Å²) in [4.78, 5) is 23.0. The molecular formula is C36H64O4. The van der Waals surface area contributed by atoms with E-state index in [9.17, 15) is 9.59 Å². The van der Waals surface area contributed by atoms with Crippen LogP contribution < -0.4 is 0 Å². The Bertz CT molecular complexity index is 649. The van der Waals surface area contributed by atoms with Gasteiger partial charge in [-0.15, -0.1) is 0 Å². The third-order valence-corrected chi connectivity index (χ3v) is 7.34. The molecule has 0 bridgehead atoms. The maximum atomic E-state index is 12.5. The number of hydrogen-bond donors (Lipinski definition) is 1. The van der Waals surface area contributed by atoms with Crippen molar-refractivity contribution in [3.8, 4) is 0 Å². The lowest BCUT2D eigenvalue weighted by atomic mass is 10.1. The Labute approximate surface area is 248 Å². The third kappa shape index (κ3) is 30.7. The average Bonchev–Trinajstić information content (AvgIpc) is 2.93. The van der Waals surface area contributed by atoms with Crippen LogP contribution in [0.4, 0.5) is 0 Å². The van der Waals surface area contributed by atoms with Crippen LogP contribution in [-0.4, -0.2) is 23.1 Å². The molecule has 0 fully saturated rings. The summed E-state index contributed by atoms with van der Waals surface area (Å²) in [5, 5.41) is 8.69. The van der Waals surface area contributed by atoms with Crippen LogP contribution in [0, 0.1) is 0 Å². The number of carbonyl (C=O) groups is 2. The summed E-state index contributed by atoms with van der Waals surface area (Å²) >= 11 is 0. The Morgan fingerprint density at radius 2 is 1.05 bits per heavy atom. The molecule has 0 aliphatic rings. The maximum Gasteiger partial charge on any atom is 0.306 e. The highest BCUT2D eigenvalue weighted by molar-refractivity contribution is 5.69. The number of rotatable bonds is 30. The molecule has 0 heterocycles. The summed E-state index contributed by atoms with van der Waals surface area (Å²) < 4.78 is 5.89. The van der Waals surface area contributed by atoms with Crippen molar-refractivity contribution in [3.05, 3.63) is 36.5 Å². The zero-order valence-electron chi connectivity index (χ0n) is 26.4. The predicted octanol–water partition coefficient (Wildman–Crippen LogP) is 11.4. The largest absolute Gasteiger partial charge is 0.481 e. The van der Waals surface area contributed by atoms with Gasteiger partial charge in [0.25, 0.3) is 0 Å². The third-order valence-electron chi connectivity index (χ3n) is 7.34. The van der Waals surface area contributed by atoms with Gasteiger partial charge in [-0.2, -0.15) is 0 Å². The first-order valence-electron chi connectivity index (χ1n) is 17.0. The van der Waals surface area contributed by atoms with E-state index in [1.165, 1.54) is 64.2 Å². The lowest BCUT2D eigenvalue weighted by Crippen LogP contribution is -2.17. The van der Waals surface area contributed by atoms with Gasteiger partial charge < -0.3 is 9.84 Å². The van der Waals surface area contributed by atoms with E-state index in [2.05, 4.69) is 50.3 Å². The van der Waals surface area contributed by atoms with E-state index >= 15 is 0 Å². The normalized spacial score (nSPS) is 12.7. The zero-order valence-corrected chi connectivity index (χ0v) is 26.4. The Morgan fingerprint density at radius 3 is 1.65 bits per heavy atom. The number of carboxylic acid groups (broad SMARTS) is 1. The molecule has 0 radical (unpaired) electrons. The number of allylic oxidation sites excluding steroid dienone is 5. The van der Waals surface area contributed by atoms with Gasteiger partial charge in [0.05, 0.1) is 0 Å². The van der Waals surface area contributed by atoms with E-state index in [0.29, 0.717) is 6.42 Å². The first-order chi connectivity index (χ1) is 19.6. The number of ether oxygens (including phenoxy) is 1. The number of carboxylic acids is 1. The minimum absolute atomic E-state index is 0.00889. The fourth-order valence-electron chi connectivity index (χ4n) is 4.78. The van der Waals surface area contributed by atoms with Gasteiger partial charge in [0.2, 0.25) is 0 Å². The highest BCUT2D eigenvalue weighted by atomic mass is 16.5. The van der Waals surface area contributed by atoms with Gasteiger partial charge in [-0.05, 0) is 70.6 Å². The Morgan fingerprint density at radius 1 is 0.575 bits per heavy atom. The number of esters is 1. The molecule has 1 N–H and O–H groups in total. The molecule has 0 saturated heterocycles. The van der Waals surface area contributed by atoms with E-state index < -0.39 is 5.97 Å². The number of hydrogen-bond acceptors (Lipinski definition) is 3. The molecule has 0 saturated carbocycles. The van der Waals surface area contributed by atoms with Gasteiger partial charge in [-0.1, -0.05) is 121 Å². The summed E-state index contributed by atoms with van der Waals surface area (Å²) in [6, 6.07) is 0. The fourth-order valence-corrected chi connectivity index (χ4v) is 4.78. The van der Waals surface area contributed by atoms with Gasteiger partial charge in [-0.25, -0.2) is 0 Å². The molecule has 232 valence electrons. The molecule has 0 aromatic heterocycles. The van der Waals surface area contributed by atoms with Crippen molar-refractivity contribution in [1.82, 2.24) is 0 Å². The molecule has 0 spiro atoms. The summed E-state index contributed by atoms with van der Waals surface area (Å²) in [5.74, 6) is -0.722. The van der Waals surface area contributed by atoms with Crippen molar-refractivity contribution in [3.63, 3.8) is 0 Å². The summed E-state index contributed by atoms with van der Waals surface area (Å²) in [6.07, 6.45) is 40.3. The smallest absolute Gasteiger partial charge is 0.306 e. The van der Waals surface area contributed by atoms with Crippen molar-refractivity contribution >= 4 is 11.9 Å². The molecule has 40 heavy (non-hydrogen) atoms. The van der Waals surface area contributed by atoms with Crippen molar-refractivity contribution in [2.45, 2.75) is 180 Å². The number of carbonyl (C=O) groups excluding carboxylic acids is 1. The van der Waals surface area contributed by atoms with E-state index in [1.807, 2.05) is 0 Å². The quantitative estimate of drug-likeness (QED) is 0.0539. The Balaban J connectivity index is 3.95.